The Morgan fingerprint density at radius 2 is 1.95 bits per heavy atom. The highest BCUT2D eigenvalue weighted by Gasteiger charge is 2.10. The first kappa shape index (κ1) is 13.9. The van der Waals surface area contributed by atoms with Crippen molar-refractivity contribution in [1.29, 1.82) is 0 Å². The van der Waals surface area contributed by atoms with Crippen molar-refractivity contribution in [3.8, 4) is 11.5 Å². The molecule has 2 aromatic rings. The smallest absolute Gasteiger partial charge is 0.268 e. The number of pyridine rings is 1. The predicted octanol–water partition coefficient (Wildman–Crippen LogP) is 2.52. The Morgan fingerprint density at radius 1 is 1.32 bits per heavy atom. The molecule has 1 aromatic heterocycles. The molecule has 0 radical (unpaired) electrons. The van der Waals surface area contributed by atoms with Gasteiger partial charge < -0.3 is 14.4 Å². The molecule has 19 heavy (non-hydrogen) atoms. The van der Waals surface area contributed by atoms with E-state index in [9.17, 15) is 9.90 Å². The second-order valence-electron chi connectivity index (χ2n) is 4.22. The second-order valence-corrected chi connectivity index (χ2v) is 5.30. The van der Waals surface area contributed by atoms with Crippen LogP contribution in [0.2, 0.25) is 0 Å². The summed E-state index contributed by atoms with van der Waals surface area (Å²) in [5, 5.41) is 9.60. The average molecular weight is 371 g/mol. The number of aromatic nitrogens is 1. The maximum atomic E-state index is 12.1. The van der Waals surface area contributed by atoms with Crippen LogP contribution in [0, 0.1) is 10.5 Å². The lowest BCUT2D eigenvalue weighted by molar-refractivity contribution is 0.414. The molecular formula is C14H14INO3. The van der Waals surface area contributed by atoms with Gasteiger partial charge in [0.05, 0.1) is 13.7 Å². The molecule has 1 heterocycles. The summed E-state index contributed by atoms with van der Waals surface area (Å²) < 4.78 is 7.09. The van der Waals surface area contributed by atoms with Crippen molar-refractivity contribution < 1.29 is 9.84 Å². The molecular weight excluding hydrogens is 357 g/mol. The number of rotatable bonds is 3. The van der Waals surface area contributed by atoms with Crippen molar-refractivity contribution in [3.63, 3.8) is 0 Å². The molecule has 5 heteroatoms. The minimum Gasteiger partial charge on any atom is -0.507 e. The summed E-state index contributed by atoms with van der Waals surface area (Å²) >= 11 is 1.86. The first-order valence-corrected chi connectivity index (χ1v) is 6.82. The summed E-state index contributed by atoms with van der Waals surface area (Å²) in [6.07, 6.45) is 0. The molecule has 1 aromatic carbocycles. The monoisotopic (exact) mass is 371 g/mol. The Morgan fingerprint density at radius 3 is 2.53 bits per heavy atom. The minimum absolute atomic E-state index is 0.0362. The molecule has 0 atom stereocenters. The number of hydrogen-bond acceptors (Lipinski definition) is 3. The van der Waals surface area contributed by atoms with Gasteiger partial charge >= 0.3 is 0 Å². The van der Waals surface area contributed by atoms with E-state index in [1.165, 1.54) is 0 Å². The number of aryl methyl sites for hydroxylation is 1. The summed E-state index contributed by atoms with van der Waals surface area (Å²) in [6.45, 7) is 2.28. The van der Waals surface area contributed by atoms with Crippen LogP contribution in [-0.4, -0.2) is 16.8 Å². The van der Waals surface area contributed by atoms with Crippen LogP contribution in [0.4, 0.5) is 0 Å². The Hall–Kier alpha value is -1.50. The van der Waals surface area contributed by atoms with Crippen molar-refractivity contribution >= 4 is 22.6 Å². The van der Waals surface area contributed by atoms with E-state index in [-0.39, 0.29) is 11.3 Å². The second kappa shape index (κ2) is 5.64. The first-order valence-electron chi connectivity index (χ1n) is 5.74. The highest BCUT2D eigenvalue weighted by molar-refractivity contribution is 14.1. The summed E-state index contributed by atoms with van der Waals surface area (Å²) in [4.78, 5) is 12.1. The lowest BCUT2D eigenvalue weighted by atomic mass is 10.2. The molecule has 0 spiro atoms. The Bertz CT molecular complexity index is 647. The van der Waals surface area contributed by atoms with Crippen LogP contribution in [0.3, 0.4) is 0 Å². The number of nitrogens with zero attached hydrogens (tertiary/aromatic N) is 1. The van der Waals surface area contributed by atoms with Gasteiger partial charge in [0, 0.05) is 11.8 Å². The Kier molecular flexibility index (Phi) is 4.14. The Balaban J connectivity index is 2.38. The largest absolute Gasteiger partial charge is 0.507 e. The summed E-state index contributed by atoms with van der Waals surface area (Å²) in [6, 6.07) is 9.17. The fourth-order valence-corrected chi connectivity index (χ4v) is 2.28. The number of aromatic hydroxyl groups is 1. The molecule has 0 aliphatic heterocycles. The SMILES string of the molecule is COc1ccc(Cn2c(C)cc(O)c(I)c2=O)cc1. The zero-order valence-corrected chi connectivity index (χ0v) is 12.8. The quantitative estimate of drug-likeness (QED) is 0.844. The number of ether oxygens (including phenoxy) is 1. The van der Waals surface area contributed by atoms with Crippen LogP contribution >= 0.6 is 22.6 Å². The Labute approximate surface area is 124 Å². The van der Waals surface area contributed by atoms with Crippen LogP contribution in [0.25, 0.3) is 0 Å². The van der Waals surface area contributed by atoms with Crippen LogP contribution in [0.5, 0.6) is 11.5 Å². The van der Waals surface area contributed by atoms with Gasteiger partial charge in [0.2, 0.25) is 0 Å². The molecule has 1 N–H and O–H groups in total. The van der Waals surface area contributed by atoms with Gasteiger partial charge in [-0.05, 0) is 47.2 Å². The number of benzene rings is 1. The topological polar surface area (TPSA) is 51.5 Å². The normalized spacial score (nSPS) is 10.5. The minimum atomic E-state index is -0.172. The third-order valence-electron chi connectivity index (χ3n) is 2.93. The first-order chi connectivity index (χ1) is 9.02. The summed E-state index contributed by atoms with van der Waals surface area (Å²) in [7, 11) is 1.62. The van der Waals surface area contributed by atoms with Crippen molar-refractivity contribution in [2.75, 3.05) is 7.11 Å². The average Bonchev–Trinajstić information content (AvgIpc) is 2.42. The van der Waals surface area contributed by atoms with E-state index in [4.69, 9.17) is 4.74 Å². The van der Waals surface area contributed by atoms with Crippen LogP contribution in [0.15, 0.2) is 35.1 Å². The molecule has 0 fully saturated rings. The van der Waals surface area contributed by atoms with E-state index in [1.54, 1.807) is 24.7 Å². The van der Waals surface area contributed by atoms with Crippen molar-refractivity contribution in [2.45, 2.75) is 13.5 Å². The molecule has 0 saturated heterocycles. The van der Waals surface area contributed by atoms with E-state index in [1.807, 2.05) is 46.9 Å². The summed E-state index contributed by atoms with van der Waals surface area (Å²) in [5.74, 6) is 0.821. The highest BCUT2D eigenvalue weighted by Crippen LogP contribution is 2.18. The van der Waals surface area contributed by atoms with Gasteiger partial charge in [-0.2, -0.15) is 0 Å². The van der Waals surface area contributed by atoms with Crippen molar-refractivity contribution in [3.05, 3.63) is 55.5 Å². The summed E-state index contributed by atoms with van der Waals surface area (Å²) in [5.41, 5.74) is 1.57. The maximum Gasteiger partial charge on any atom is 0.268 e. The third kappa shape index (κ3) is 2.91. The van der Waals surface area contributed by atoms with E-state index < -0.39 is 0 Å². The molecule has 4 nitrogen and oxygen atoms in total. The van der Waals surface area contributed by atoms with Crippen LogP contribution < -0.4 is 10.3 Å². The number of halogens is 1. The van der Waals surface area contributed by atoms with Gasteiger partial charge in [0.15, 0.2) is 0 Å². The molecule has 0 aliphatic carbocycles. The van der Waals surface area contributed by atoms with E-state index >= 15 is 0 Å². The van der Waals surface area contributed by atoms with E-state index in [0.29, 0.717) is 10.1 Å². The molecule has 2 rings (SSSR count). The lowest BCUT2D eigenvalue weighted by Crippen LogP contribution is -2.24. The zero-order chi connectivity index (χ0) is 14.0. The maximum absolute atomic E-state index is 12.1. The van der Waals surface area contributed by atoms with Crippen LogP contribution in [-0.2, 0) is 6.54 Å². The van der Waals surface area contributed by atoms with Crippen LogP contribution in [0.1, 0.15) is 11.3 Å². The van der Waals surface area contributed by atoms with Crippen molar-refractivity contribution in [1.82, 2.24) is 4.57 Å². The van der Waals surface area contributed by atoms with Gasteiger partial charge in [0.25, 0.3) is 5.56 Å². The van der Waals surface area contributed by atoms with Gasteiger partial charge in [0.1, 0.15) is 15.1 Å². The standard InChI is InChI=1S/C14H14INO3/c1-9-7-12(17)13(15)14(18)16(9)8-10-3-5-11(19-2)6-4-10/h3-7,17H,8H2,1-2H3. The fourth-order valence-electron chi connectivity index (χ4n) is 1.84. The molecule has 0 saturated carbocycles. The van der Waals surface area contributed by atoms with E-state index in [0.717, 1.165) is 17.0 Å². The molecule has 100 valence electrons. The highest BCUT2D eigenvalue weighted by atomic mass is 127. The van der Waals surface area contributed by atoms with Crippen molar-refractivity contribution in [2.24, 2.45) is 0 Å². The van der Waals surface area contributed by atoms with Gasteiger partial charge in [-0.1, -0.05) is 12.1 Å². The van der Waals surface area contributed by atoms with Gasteiger partial charge in [-0.25, -0.2) is 0 Å². The molecule has 0 amide bonds. The fraction of sp³-hybridized carbons (Fsp3) is 0.214. The molecule has 0 aliphatic rings. The van der Waals surface area contributed by atoms with Gasteiger partial charge in [-0.3, -0.25) is 4.79 Å². The molecule has 0 bridgehead atoms. The van der Waals surface area contributed by atoms with Gasteiger partial charge in [-0.15, -0.1) is 0 Å². The lowest BCUT2D eigenvalue weighted by Gasteiger charge is -2.12. The third-order valence-corrected chi connectivity index (χ3v) is 3.94. The number of hydrogen-bond donors (Lipinski definition) is 1. The zero-order valence-electron chi connectivity index (χ0n) is 10.7. The molecule has 0 unspecified atom stereocenters. The number of methoxy groups -OCH3 is 1. The van der Waals surface area contributed by atoms with E-state index in [2.05, 4.69) is 0 Å². The predicted molar refractivity (Wildman–Crippen MR) is 81.9 cm³/mol.